The van der Waals surface area contributed by atoms with E-state index in [1.54, 1.807) is 0 Å². The zero-order valence-corrected chi connectivity index (χ0v) is 15.8. The van der Waals surface area contributed by atoms with Gasteiger partial charge in [0.25, 0.3) is 0 Å². The van der Waals surface area contributed by atoms with E-state index in [1.807, 2.05) is 0 Å². The maximum absolute atomic E-state index is 14.9. The van der Waals surface area contributed by atoms with Gasteiger partial charge in [-0.3, -0.25) is 4.79 Å². The molecule has 5 nitrogen and oxygen atoms in total. The van der Waals surface area contributed by atoms with Crippen molar-refractivity contribution in [1.82, 2.24) is 10.2 Å². The van der Waals surface area contributed by atoms with E-state index in [-0.39, 0.29) is 36.5 Å². The molecule has 1 aliphatic heterocycles. The molecule has 1 saturated carbocycles. The fourth-order valence-electron chi connectivity index (χ4n) is 4.44. The van der Waals surface area contributed by atoms with E-state index in [4.69, 9.17) is 17.3 Å². The molecule has 28 heavy (non-hydrogen) atoms. The number of halogens is 5. The van der Waals surface area contributed by atoms with Crippen LogP contribution in [-0.4, -0.2) is 41.6 Å². The number of nitrogens with two attached hydrogens (primary N) is 1. The molecule has 1 aromatic rings. The molecule has 1 heterocycles. The van der Waals surface area contributed by atoms with E-state index in [2.05, 4.69) is 5.32 Å². The van der Waals surface area contributed by atoms with Gasteiger partial charge < -0.3 is 16.0 Å². The molecule has 3 rings (SSSR count). The number of piperazine rings is 1. The molecule has 1 saturated heterocycles. The Kier molecular flexibility index (Phi) is 5.24. The van der Waals surface area contributed by atoms with Crippen LogP contribution in [0.3, 0.4) is 0 Å². The Morgan fingerprint density at radius 3 is 2.61 bits per heavy atom. The lowest BCUT2D eigenvalue weighted by Crippen LogP contribution is -2.69. The van der Waals surface area contributed by atoms with Crippen LogP contribution in [0.1, 0.15) is 31.2 Å². The average molecular weight is 422 g/mol. The number of hydrogen-bond donors (Lipinski definition) is 2. The summed E-state index contributed by atoms with van der Waals surface area (Å²) >= 11 is 5.88. The molecular formula is C18H20ClF4N3O2. The largest absolute Gasteiger partial charge is 0.391 e. The minimum absolute atomic E-state index is 0.00363. The predicted octanol–water partition coefficient (Wildman–Crippen LogP) is 3.42. The molecule has 1 aromatic carbocycles. The van der Waals surface area contributed by atoms with Gasteiger partial charge in [-0.1, -0.05) is 23.7 Å². The molecule has 2 fully saturated rings. The van der Waals surface area contributed by atoms with Gasteiger partial charge in [-0.15, -0.1) is 0 Å². The Hall–Kier alpha value is -2.03. The highest BCUT2D eigenvalue weighted by Crippen LogP contribution is 2.55. The molecular weight excluding hydrogens is 402 g/mol. The highest BCUT2D eigenvalue weighted by atomic mass is 35.5. The van der Waals surface area contributed by atoms with Crippen molar-refractivity contribution in [2.45, 2.75) is 37.4 Å². The fourth-order valence-corrected chi connectivity index (χ4v) is 4.62. The first-order valence-electron chi connectivity index (χ1n) is 8.84. The number of carbonyl (C=O) groups is 2. The average Bonchev–Trinajstić information content (AvgIpc) is 2.54. The second kappa shape index (κ2) is 7.09. The van der Waals surface area contributed by atoms with E-state index in [0.717, 1.165) is 4.90 Å². The molecule has 2 atom stereocenters. The second-order valence-electron chi connectivity index (χ2n) is 7.48. The number of hydrogen-bond acceptors (Lipinski definition) is 2. The van der Waals surface area contributed by atoms with Crippen molar-refractivity contribution >= 4 is 23.5 Å². The van der Waals surface area contributed by atoms with Gasteiger partial charge in [0.1, 0.15) is 11.4 Å². The quantitative estimate of drug-likeness (QED) is 0.734. The van der Waals surface area contributed by atoms with Gasteiger partial charge in [0.15, 0.2) is 0 Å². The first-order valence-corrected chi connectivity index (χ1v) is 9.21. The predicted molar refractivity (Wildman–Crippen MR) is 94.1 cm³/mol. The number of nitrogens with zero attached hydrogens (tertiary/aromatic N) is 1. The van der Waals surface area contributed by atoms with E-state index in [1.165, 1.54) is 25.1 Å². The van der Waals surface area contributed by atoms with E-state index in [9.17, 15) is 27.2 Å². The first kappa shape index (κ1) is 20.7. The molecule has 0 radical (unpaired) electrons. The van der Waals surface area contributed by atoms with Gasteiger partial charge in [0.05, 0.1) is 10.9 Å². The SMILES string of the molecule is CC1([C@H](c2cccc(Cl)c2F)C2CC(C(F)(F)F)C2)C(=O)NCCN1C(N)=O. The molecule has 0 bridgehead atoms. The van der Waals surface area contributed by atoms with E-state index < -0.39 is 47.2 Å². The molecule has 1 unspecified atom stereocenters. The summed E-state index contributed by atoms with van der Waals surface area (Å²) in [6, 6.07) is 3.27. The van der Waals surface area contributed by atoms with E-state index >= 15 is 0 Å². The third-order valence-electron chi connectivity index (χ3n) is 5.94. The number of primary amides is 1. The van der Waals surface area contributed by atoms with Crippen molar-refractivity contribution in [3.05, 3.63) is 34.6 Å². The Morgan fingerprint density at radius 1 is 1.39 bits per heavy atom. The first-order chi connectivity index (χ1) is 13.0. The highest BCUT2D eigenvalue weighted by Gasteiger charge is 2.59. The number of alkyl halides is 3. The number of carbonyl (C=O) groups excluding carboxylic acids is 2. The van der Waals surface area contributed by atoms with Crippen LogP contribution in [0.15, 0.2) is 18.2 Å². The van der Waals surface area contributed by atoms with Gasteiger partial charge in [0.2, 0.25) is 5.91 Å². The van der Waals surface area contributed by atoms with Crippen LogP contribution in [0.2, 0.25) is 5.02 Å². The normalized spacial score (nSPS) is 29.1. The van der Waals surface area contributed by atoms with Crippen LogP contribution in [-0.2, 0) is 4.79 Å². The summed E-state index contributed by atoms with van der Waals surface area (Å²) in [5.74, 6) is -4.63. The number of nitrogens with one attached hydrogen (secondary N) is 1. The van der Waals surface area contributed by atoms with Crippen LogP contribution in [0.5, 0.6) is 0 Å². The Morgan fingerprint density at radius 2 is 2.04 bits per heavy atom. The third-order valence-corrected chi connectivity index (χ3v) is 6.23. The molecule has 154 valence electrons. The summed E-state index contributed by atoms with van der Waals surface area (Å²) in [7, 11) is 0. The number of urea groups is 1. The monoisotopic (exact) mass is 421 g/mol. The molecule has 2 aliphatic rings. The lowest BCUT2D eigenvalue weighted by molar-refractivity contribution is -0.209. The van der Waals surface area contributed by atoms with Gasteiger partial charge in [-0.25, -0.2) is 9.18 Å². The molecule has 3 N–H and O–H groups in total. The number of amides is 3. The Labute approximate surface area is 164 Å². The van der Waals surface area contributed by atoms with Crippen molar-refractivity contribution in [2.24, 2.45) is 17.6 Å². The maximum atomic E-state index is 14.9. The van der Waals surface area contributed by atoms with Crippen molar-refractivity contribution in [2.75, 3.05) is 13.1 Å². The summed E-state index contributed by atoms with van der Waals surface area (Å²) in [6.45, 7) is 1.64. The van der Waals surface area contributed by atoms with Crippen molar-refractivity contribution in [3.8, 4) is 0 Å². The minimum Gasteiger partial charge on any atom is -0.352 e. The fraction of sp³-hybridized carbons (Fsp3) is 0.556. The summed E-state index contributed by atoms with van der Waals surface area (Å²) in [5.41, 5.74) is 3.81. The second-order valence-corrected chi connectivity index (χ2v) is 7.89. The van der Waals surface area contributed by atoms with Gasteiger partial charge in [-0.05, 0) is 37.3 Å². The van der Waals surface area contributed by atoms with Crippen LogP contribution in [0, 0.1) is 17.7 Å². The van der Waals surface area contributed by atoms with Crippen LogP contribution < -0.4 is 11.1 Å². The van der Waals surface area contributed by atoms with Gasteiger partial charge >= 0.3 is 12.2 Å². The van der Waals surface area contributed by atoms with E-state index in [0.29, 0.717) is 0 Å². The summed E-state index contributed by atoms with van der Waals surface area (Å²) in [6.07, 6.45) is -4.90. The summed E-state index contributed by atoms with van der Waals surface area (Å²) in [4.78, 5) is 26.0. The lowest BCUT2D eigenvalue weighted by atomic mass is 9.60. The summed E-state index contributed by atoms with van der Waals surface area (Å²) < 4.78 is 54.0. The van der Waals surface area contributed by atoms with Crippen molar-refractivity contribution in [1.29, 1.82) is 0 Å². The van der Waals surface area contributed by atoms with Crippen LogP contribution >= 0.6 is 11.6 Å². The van der Waals surface area contributed by atoms with Crippen molar-refractivity contribution in [3.63, 3.8) is 0 Å². The molecule has 3 amide bonds. The maximum Gasteiger partial charge on any atom is 0.391 e. The number of rotatable bonds is 3. The minimum atomic E-state index is -4.37. The van der Waals surface area contributed by atoms with Gasteiger partial charge in [0, 0.05) is 19.0 Å². The Balaban J connectivity index is 2.09. The molecule has 0 spiro atoms. The highest BCUT2D eigenvalue weighted by molar-refractivity contribution is 6.30. The smallest absolute Gasteiger partial charge is 0.352 e. The third kappa shape index (κ3) is 3.29. The molecule has 0 aromatic heterocycles. The summed E-state index contributed by atoms with van der Waals surface area (Å²) in [5, 5.41) is 2.41. The van der Waals surface area contributed by atoms with Gasteiger partial charge in [-0.2, -0.15) is 13.2 Å². The topological polar surface area (TPSA) is 75.4 Å². The van der Waals surface area contributed by atoms with Crippen LogP contribution in [0.4, 0.5) is 22.4 Å². The van der Waals surface area contributed by atoms with Crippen molar-refractivity contribution < 1.29 is 27.2 Å². The zero-order valence-electron chi connectivity index (χ0n) is 15.0. The molecule has 1 aliphatic carbocycles. The zero-order chi connectivity index (χ0) is 20.9. The molecule has 10 heteroatoms. The Bertz CT molecular complexity index is 798. The lowest BCUT2D eigenvalue weighted by Gasteiger charge is -2.53. The number of benzene rings is 1. The standard InChI is InChI=1S/C18H20ClF4N3O2/c1-17(15(27)25-5-6-26(17)16(24)28)13(9-7-10(8-9)18(21,22)23)11-3-2-4-12(19)14(11)20/h2-4,9-10,13H,5-8H2,1H3,(H2,24,28)(H,25,27)/t9?,10?,13-,17?/m0/s1. The van der Waals surface area contributed by atoms with Crippen LogP contribution in [0.25, 0.3) is 0 Å².